The summed E-state index contributed by atoms with van der Waals surface area (Å²) in [6.07, 6.45) is -0.907. The van der Waals surface area contributed by atoms with E-state index in [2.05, 4.69) is 5.32 Å². The molecule has 1 unspecified atom stereocenters. The molecular weight excluding hydrogens is 327 g/mol. The van der Waals surface area contributed by atoms with Crippen molar-refractivity contribution in [1.29, 1.82) is 0 Å². The summed E-state index contributed by atoms with van der Waals surface area (Å²) < 4.78 is 18.0. The zero-order valence-electron chi connectivity index (χ0n) is 11.9. The summed E-state index contributed by atoms with van der Waals surface area (Å²) >= 11 is 5.72. The van der Waals surface area contributed by atoms with Crippen LogP contribution in [0.25, 0.3) is 0 Å². The Morgan fingerprint density at radius 1 is 1.30 bits per heavy atom. The lowest BCUT2D eigenvalue weighted by Crippen LogP contribution is -2.26. The molecule has 6 nitrogen and oxygen atoms in total. The largest absolute Gasteiger partial charge is 0.491 e. The van der Waals surface area contributed by atoms with Crippen LogP contribution in [0.4, 0.5) is 15.8 Å². The molecule has 122 valence electrons. The third kappa shape index (κ3) is 5.08. The molecule has 0 bridgehead atoms. The van der Waals surface area contributed by atoms with Gasteiger partial charge in [-0.3, -0.25) is 10.1 Å². The Hall–Kier alpha value is -2.38. The van der Waals surface area contributed by atoms with Gasteiger partial charge in [0, 0.05) is 17.6 Å². The number of nitro groups is 1. The maximum Gasteiger partial charge on any atom is 0.293 e. The van der Waals surface area contributed by atoms with Crippen molar-refractivity contribution in [2.45, 2.75) is 6.10 Å². The van der Waals surface area contributed by atoms with Gasteiger partial charge in [0.1, 0.15) is 30.0 Å². The fourth-order valence-corrected chi connectivity index (χ4v) is 1.98. The van der Waals surface area contributed by atoms with Gasteiger partial charge in [-0.05, 0) is 36.4 Å². The lowest BCUT2D eigenvalue weighted by atomic mass is 10.2. The van der Waals surface area contributed by atoms with Crippen molar-refractivity contribution >= 4 is 23.0 Å². The molecule has 0 radical (unpaired) electrons. The van der Waals surface area contributed by atoms with Gasteiger partial charge < -0.3 is 15.2 Å². The van der Waals surface area contributed by atoms with Crippen LogP contribution in [0, 0.1) is 15.9 Å². The number of ether oxygens (including phenoxy) is 1. The molecule has 2 N–H and O–H groups in total. The first-order chi connectivity index (χ1) is 11.0. The number of aliphatic hydroxyl groups excluding tert-OH is 1. The first-order valence-electron chi connectivity index (χ1n) is 6.70. The minimum Gasteiger partial charge on any atom is -0.491 e. The molecule has 0 spiro atoms. The SMILES string of the molecule is O=[N+]([O-])c1cc(Cl)ccc1NCC(O)COc1ccc(F)cc1. The summed E-state index contributed by atoms with van der Waals surface area (Å²) in [5.41, 5.74) is 0.0735. The number of aliphatic hydroxyl groups is 1. The van der Waals surface area contributed by atoms with Crippen LogP contribution in [0.3, 0.4) is 0 Å². The minimum atomic E-state index is -0.907. The number of rotatable bonds is 7. The number of nitro benzene ring substituents is 1. The summed E-state index contributed by atoms with van der Waals surface area (Å²) in [5, 5.41) is 23.8. The second kappa shape index (κ2) is 7.75. The predicted octanol–water partition coefficient (Wildman–Crippen LogP) is 3.24. The highest BCUT2D eigenvalue weighted by molar-refractivity contribution is 6.30. The van der Waals surface area contributed by atoms with Gasteiger partial charge >= 0.3 is 0 Å². The molecule has 2 aromatic carbocycles. The van der Waals surface area contributed by atoms with Gasteiger partial charge in [0.05, 0.1) is 4.92 Å². The minimum absolute atomic E-state index is 0.0416. The molecule has 2 aromatic rings. The Morgan fingerprint density at radius 2 is 2.00 bits per heavy atom. The number of benzene rings is 2. The molecule has 0 aliphatic heterocycles. The first-order valence-corrected chi connectivity index (χ1v) is 7.08. The number of nitrogens with one attached hydrogen (secondary N) is 1. The highest BCUT2D eigenvalue weighted by Gasteiger charge is 2.15. The van der Waals surface area contributed by atoms with Crippen molar-refractivity contribution in [3.05, 3.63) is 63.4 Å². The predicted molar refractivity (Wildman–Crippen MR) is 84.5 cm³/mol. The summed E-state index contributed by atoms with van der Waals surface area (Å²) in [4.78, 5) is 10.4. The van der Waals surface area contributed by atoms with E-state index in [9.17, 15) is 19.6 Å². The maximum atomic E-state index is 12.7. The normalized spacial score (nSPS) is 11.8. The highest BCUT2D eigenvalue weighted by Crippen LogP contribution is 2.27. The number of anilines is 1. The van der Waals surface area contributed by atoms with Crippen LogP contribution in [-0.4, -0.2) is 29.3 Å². The van der Waals surface area contributed by atoms with Crippen molar-refractivity contribution in [3.63, 3.8) is 0 Å². The fraction of sp³-hybridized carbons (Fsp3) is 0.200. The average Bonchev–Trinajstić information content (AvgIpc) is 2.53. The van der Waals surface area contributed by atoms with E-state index in [4.69, 9.17) is 16.3 Å². The monoisotopic (exact) mass is 340 g/mol. The van der Waals surface area contributed by atoms with Crippen molar-refractivity contribution < 1.29 is 19.2 Å². The summed E-state index contributed by atoms with van der Waals surface area (Å²) in [7, 11) is 0. The topological polar surface area (TPSA) is 84.6 Å². The zero-order chi connectivity index (χ0) is 16.8. The van der Waals surface area contributed by atoms with Gasteiger partial charge in [-0.1, -0.05) is 11.6 Å². The lowest BCUT2D eigenvalue weighted by molar-refractivity contribution is -0.383. The van der Waals surface area contributed by atoms with Gasteiger partial charge in [-0.15, -0.1) is 0 Å². The van der Waals surface area contributed by atoms with Crippen LogP contribution < -0.4 is 10.1 Å². The average molecular weight is 341 g/mol. The van der Waals surface area contributed by atoms with Crippen molar-refractivity contribution in [2.75, 3.05) is 18.5 Å². The first kappa shape index (κ1) is 17.0. The lowest BCUT2D eigenvalue weighted by Gasteiger charge is -2.14. The Balaban J connectivity index is 1.88. The quantitative estimate of drug-likeness (QED) is 0.597. The molecule has 0 saturated heterocycles. The number of hydrogen-bond acceptors (Lipinski definition) is 5. The van der Waals surface area contributed by atoms with Gasteiger partial charge in [-0.2, -0.15) is 0 Å². The van der Waals surface area contributed by atoms with E-state index in [1.807, 2.05) is 0 Å². The number of hydrogen-bond donors (Lipinski definition) is 2. The van der Waals surface area contributed by atoms with Gasteiger partial charge in [0.2, 0.25) is 0 Å². The van der Waals surface area contributed by atoms with Crippen LogP contribution in [0.15, 0.2) is 42.5 Å². The molecule has 0 aliphatic rings. The van der Waals surface area contributed by atoms with Gasteiger partial charge in [0.25, 0.3) is 5.69 Å². The van der Waals surface area contributed by atoms with Crippen LogP contribution >= 0.6 is 11.6 Å². The molecular formula is C15H14ClFN2O4. The second-order valence-corrected chi connectivity index (χ2v) is 5.15. The molecule has 2 rings (SSSR count). The molecule has 0 aliphatic carbocycles. The standard InChI is InChI=1S/C15H14ClFN2O4/c16-10-1-6-14(15(7-10)19(21)22)18-8-12(20)9-23-13-4-2-11(17)3-5-13/h1-7,12,18,20H,8-9H2. The van der Waals surface area contributed by atoms with E-state index >= 15 is 0 Å². The zero-order valence-corrected chi connectivity index (χ0v) is 12.7. The van der Waals surface area contributed by atoms with Crippen molar-refractivity contribution in [3.8, 4) is 5.75 Å². The summed E-state index contributed by atoms with van der Waals surface area (Å²) in [6.45, 7) is 0.00366. The molecule has 0 amide bonds. The summed E-state index contributed by atoms with van der Waals surface area (Å²) in [5.74, 6) is 0.0394. The number of halogens is 2. The Kier molecular flexibility index (Phi) is 5.72. The molecule has 23 heavy (non-hydrogen) atoms. The molecule has 0 saturated carbocycles. The van der Waals surface area contributed by atoms with E-state index in [1.54, 1.807) is 0 Å². The van der Waals surface area contributed by atoms with Crippen LogP contribution in [-0.2, 0) is 0 Å². The second-order valence-electron chi connectivity index (χ2n) is 4.72. The number of nitrogens with zero attached hydrogens (tertiary/aromatic N) is 1. The van der Waals surface area contributed by atoms with E-state index in [0.29, 0.717) is 5.75 Å². The third-order valence-electron chi connectivity index (χ3n) is 2.94. The van der Waals surface area contributed by atoms with E-state index < -0.39 is 11.0 Å². The molecule has 8 heteroatoms. The van der Waals surface area contributed by atoms with Crippen LogP contribution in [0.2, 0.25) is 5.02 Å². The Morgan fingerprint density at radius 3 is 2.65 bits per heavy atom. The molecule has 1 atom stereocenters. The highest BCUT2D eigenvalue weighted by atomic mass is 35.5. The Labute approximate surface area is 136 Å². The third-order valence-corrected chi connectivity index (χ3v) is 3.18. The summed E-state index contributed by atoms with van der Waals surface area (Å²) in [6, 6.07) is 9.59. The maximum absolute atomic E-state index is 12.7. The van der Waals surface area contributed by atoms with Crippen molar-refractivity contribution in [2.24, 2.45) is 0 Å². The van der Waals surface area contributed by atoms with Gasteiger partial charge in [-0.25, -0.2) is 4.39 Å². The molecule has 0 heterocycles. The smallest absolute Gasteiger partial charge is 0.293 e. The van der Waals surface area contributed by atoms with Gasteiger partial charge in [0.15, 0.2) is 0 Å². The van der Waals surface area contributed by atoms with Crippen molar-refractivity contribution in [1.82, 2.24) is 0 Å². The fourth-order valence-electron chi connectivity index (χ4n) is 1.82. The van der Waals surface area contributed by atoms with Crippen LogP contribution in [0.1, 0.15) is 0 Å². The molecule has 0 fully saturated rings. The Bertz CT molecular complexity index is 682. The van der Waals surface area contributed by atoms with E-state index in [1.165, 1.54) is 42.5 Å². The van der Waals surface area contributed by atoms with Crippen LogP contribution in [0.5, 0.6) is 5.75 Å². The van der Waals surface area contributed by atoms with E-state index in [0.717, 1.165) is 0 Å². The van der Waals surface area contributed by atoms with E-state index in [-0.39, 0.29) is 35.4 Å². The molecule has 0 aromatic heterocycles.